The van der Waals surface area contributed by atoms with Gasteiger partial charge in [0, 0.05) is 14.0 Å². The lowest BCUT2D eigenvalue weighted by atomic mass is 10.6. The van der Waals surface area contributed by atoms with Crippen molar-refractivity contribution in [3.8, 4) is 0 Å². The fourth-order valence-corrected chi connectivity index (χ4v) is 0.985. The lowest BCUT2D eigenvalue weighted by Crippen LogP contribution is -3.00. The minimum atomic E-state index is 0. The monoisotopic (exact) mass is 188 g/mol. The highest BCUT2D eigenvalue weighted by molar-refractivity contribution is 5.16. The number of hydrogen-bond acceptors (Lipinski definition) is 1. The summed E-state index contributed by atoms with van der Waals surface area (Å²) in [5, 5.41) is 0. The number of ether oxygens (including phenoxy) is 1. The van der Waals surface area contributed by atoms with E-state index in [0.717, 1.165) is 5.82 Å². The van der Waals surface area contributed by atoms with Crippen LogP contribution in [-0.2, 0) is 11.5 Å². The molecule has 0 aliphatic heterocycles. The summed E-state index contributed by atoms with van der Waals surface area (Å²) in [7, 11) is 1.68. The maximum absolute atomic E-state index is 4.98. The molecule has 0 unspecified atom stereocenters. The molecule has 0 aromatic carbocycles. The minimum absolute atomic E-state index is 0. The zero-order chi connectivity index (χ0) is 8.27. The number of methoxy groups -OCH3 is 1. The molecule has 1 aromatic rings. The molecule has 0 atom stereocenters. The molecule has 68 valence electrons. The fourth-order valence-electron chi connectivity index (χ4n) is 0.985. The van der Waals surface area contributed by atoms with Crippen LogP contribution in [0.25, 0.3) is 6.20 Å². The van der Waals surface area contributed by atoms with Gasteiger partial charge in [0.1, 0.15) is 12.4 Å². The van der Waals surface area contributed by atoms with Crippen molar-refractivity contribution in [2.75, 3.05) is 7.11 Å². The van der Waals surface area contributed by atoms with E-state index in [-0.39, 0.29) is 12.4 Å². The van der Waals surface area contributed by atoms with Crippen molar-refractivity contribution < 1.29 is 21.7 Å². The Morgan fingerprint density at radius 3 is 2.83 bits per heavy atom. The van der Waals surface area contributed by atoms with Crippen LogP contribution in [0.2, 0.25) is 0 Å². The number of aromatic nitrogens is 2. The van der Waals surface area contributed by atoms with Crippen molar-refractivity contribution in [2.45, 2.75) is 13.7 Å². The largest absolute Gasteiger partial charge is 1.00 e. The first kappa shape index (κ1) is 11.2. The molecule has 0 saturated carbocycles. The van der Waals surface area contributed by atoms with Gasteiger partial charge in [0.25, 0.3) is 5.82 Å². The molecule has 3 nitrogen and oxygen atoms in total. The number of imidazole rings is 1. The van der Waals surface area contributed by atoms with Crippen molar-refractivity contribution in [2.24, 2.45) is 0 Å². The van der Waals surface area contributed by atoms with Gasteiger partial charge in [-0.15, -0.1) is 0 Å². The summed E-state index contributed by atoms with van der Waals surface area (Å²) in [6.45, 7) is 6.28. The molecule has 1 rings (SSSR count). The second-order valence-corrected chi connectivity index (χ2v) is 2.32. The van der Waals surface area contributed by atoms with Crippen LogP contribution in [0.3, 0.4) is 0 Å². The highest BCUT2D eigenvalue weighted by atomic mass is 35.5. The molecule has 1 aromatic heterocycles. The van der Waals surface area contributed by atoms with Gasteiger partial charge < -0.3 is 17.1 Å². The molecule has 1 heterocycles. The Morgan fingerprint density at radius 1 is 1.75 bits per heavy atom. The lowest BCUT2D eigenvalue weighted by Gasteiger charge is -1.94. The third-order valence-electron chi connectivity index (χ3n) is 1.66. The first-order valence-electron chi connectivity index (χ1n) is 3.48. The van der Waals surface area contributed by atoms with Gasteiger partial charge in [0.15, 0.2) is 6.73 Å². The standard InChI is InChI=1S/C8H13N2O.ClH/c1-4-9-5-6-10(7-11-3)8(9)2;/h4-6H,1,7H2,2-3H3;1H/q+1;/p-1. The Hall–Kier alpha value is -0.800. The van der Waals surface area contributed by atoms with E-state index in [2.05, 4.69) is 6.58 Å². The molecular weight excluding hydrogens is 176 g/mol. The van der Waals surface area contributed by atoms with Crippen LogP contribution in [0.15, 0.2) is 19.0 Å². The lowest BCUT2D eigenvalue weighted by molar-refractivity contribution is -0.735. The molecule has 0 spiro atoms. The summed E-state index contributed by atoms with van der Waals surface area (Å²) < 4.78 is 8.93. The smallest absolute Gasteiger partial charge is 0.259 e. The van der Waals surface area contributed by atoms with Crippen LogP contribution in [0, 0.1) is 6.92 Å². The zero-order valence-corrected chi connectivity index (χ0v) is 8.08. The van der Waals surface area contributed by atoms with E-state index in [9.17, 15) is 0 Å². The minimum Gasteiger partial charge on any atom is -1.00 e. The van der Waals surface area contributed by atoms with Crippen molar-refractivity contribution in [1.82, 2.24) is 4.57 Å². The molecule has 0 N–H and O–H groups in total. The number of halogens is 1. The van der Waals surface area contributed by atoms with E-state index in [1.165, 1.54) is 0 Å². The highest BCUT2D eigenvalue weighted by Gasteiger charge is 2.07. The van der Waals surface area contributed by atoms with Gasteiger partial charge in [-0.3, -0.25) is 0 Å². The molecule has 0 saturated heterocycles. The van der Waals surface area contributed by atoms with Crippen molar-refractivity contribution in [3.63, 3.8) is 0 Å². The topological polar surface area (TPSA) is 18.0 Å². The Balaban J connectivity index is 0.00000121. The van der Waals surface area contributed by atoms with Crippen molar-refractivity contribution >= 4 is 6.20 Å². The van der Waals surface area contributed by atoms with Crippen LogP contribution in [0.1, 0.15) is 5.82 Å². The average Bonchev–Trinajstić information content (AvgIpc) is 2.34. The van der Waals surface area contributed by atoms with E-state index in [0.29, 0.717) is 6.73 Å². The van der Waals surface area contributed by atoms with Gasteiger partial charge in [-0.05, 0) is 0 Å². The maximum atomic E-state index is 4.98. The summed E-state index contributed by atoms with van der Waals surface area (Å²) in [5.74, 6) is 1.11. The van der Waals surface area contributed by atoms with Gasteiger partial charge >= 0.3 is 0 Å². The van der Waals surface area contributed by atoms with Crippen molar-refractivity contribution in [3.05, 3.63) is 24.8 Å². The maximum Gasteiger partial charge on any atom is 0.259 e. The van der Waals surface area contributed by atoms with E-state index in [1.807, 2.05) is 28.5 Å². The summed E-state index contributed by atoms with van der Waals surface area (Å²) in [6, 6.07) is 0. The molecule has 0 aliphatic carbocycles. The first-order chi connectivity index (χ1) is 5.29. The van der Waals surface area contributed by atoms with Crippen LogP contribution < -0.4 is 17.0 Å². The molecule has 4 heteroatoms. The predicted molar refractivity (Wildman–Crippen MR) is 42.8 cm³/mol. The molecule has 0 fully saturated rings. The number of hydrogen-bond donors (Lipinski definition) is 0. The first-order valence-corrected chi connectivity index (χ1v) is 3.48. The molecule has 0 bridgehead atoms. The van der Waals surface area contributed by atoms with Gasteiger partial charge in [0.2, 0.25) is 0 Å². The van der Waals surface area contributed by atoms with Gasteiger partial charge in [-0.2, -0.15) is 0 Å². The van der Waals surface area contributed by atoms with E-state index >= 15 is 0 Å². The van der Waals surface area contributed by atoms with Crippen molar-refractivity contribution in [1.29, 1.82) is 0 Å². The van der Waals surface area contributed by atoms with E-state index < -0.39 is 0 Å². The second-order valence-electron chi connectivity index (χ2n) is 2.32. The van der Waals surface area contributed by atoms with Gasteiger partial charge in [-0.1, -0.05) is 6.58 Å². The number of nitrogens with zero attached hydrogens (tertiary/aromatic N) is 2. The molecular formula is C8H13ClN2O. The zero-order valence-electron chi connectivity index (χ0n) is 7.33. The molecule has 0 radical (unpaired) electrons. The van der Waals surface area contributed by atoms with Crippen LogP contribution in [0.4, 0.5) is 0 Å². The summed E-state index contributed by atoms with van der Waals surface area (Å²) in [5.41, 5.74) is 0. The summed E-state index contributed by atoms with van der Waals surface area (Å²) >= 11 is 0. The number of rotatable bonds is 3. The Kier molecular flexibility index (Phi) is 4.62. The van der Waals surface area contributed by atoms with Gasteiger partial charge in [0.05, 0.1) is 6.20 Å². The third-order valence-corrected chi connectivity index (χ3v) is 1.66. The van der Waals surface area contributed by atoms with Crippen LogP contribution in [-0.4, -0.2) is 11.7 Å². The Bertz CT molecular complexity index is 258. The van der Waals surface area contributed by atoms with E-state index in [1.54, 1.807) is 13.3 Å². The SMILES string of the molecule is C=Cn1cc[n+](COC)c1C.[Cl-]. The van der Waals surface area contributed by atoms with E-state index in [4.69, 9.17) is 4.74 Å². The van der Waals surface area contributed by atoms with Crippen LogP contribution in [0.5, 0.6) is 0 Å². The van der Waals surface area contributed by atoms with Gasteiger partial charge in [-0.25, -0.2) is 9.13 Å². The fraction of sp³-hybridized carbons (Fsp3) is 0.375. The molecule has 0 aliphatic rings. The highest BCUT2D eigenvalue weighted by Crippen LogP contribution is 1.92. The quantitative estimate of drug-likeness (QED) is 0.493. The normalized spacial score (nSPS) is 9.17. The Labute approximate surface area is 78.7 Å². The molecule has 0 amide bonds. The Morgan fingerprint density at radius 2 is 2.42 bits per heavy atom. The average molecular weight is 189 g/mol. The molecule has 12 heavy (non-hydrogen) atoms. The summed E-state index contributed by atoms with van der Waals surface area (Å²) in [6.07, 6.45) is 5.67. The predicted octanol–water partition coefficient (Wildman–Crippen LogP) is -2.21. The van der Waals surface area contributed by atoms with Crippen LogP contribution >= 0.6 is 0 Å². The third kappa shape index (κ3) is 2.09. The summed E-state index contributed by atoms with van der Waals surface area (Å²) in [4.78, 5) is 0. The second kappa shape index (κ2) is 4.95.